The average molecular weight is 325 g/mol. The molecule has 0 bridgehead atoms. The summed E-state index contributed by atoms with van der Waals surface area (Å²) < 4.78 is 20.0. The van der Waals surface area contributed by atoms with Gasteiger partial charge in [0.2, 0.25) is 0 Å². The van der Waals surface area contributed by atoms with Gasteiger partial charge >= 0.3 is 6.03 Å². The van der Waals surface area contributed by atoms with E-state index >= 15 is 0 Å². The smallest absolute Gasteiger partial charge is 0.319 e. The number of benzene rings is 1. The van der Waals surface area contributed by atoms with E-state index in [1.54, 1.807) is 19.1 Å². The van der Waals surface area contributed by atoms with Crippen molar-refractivity contribution in [1.82, 2.24) is 5.32 Å². The fourth-order valence-electron chi connectivity index (χ4n) is 2.65. The van der Waals surface area contributed by atoms with Gasteiger partial charge in [-0.1, -0.05) is 0 Å². The molecule has 1 fully saturated rings. The lowest BCUT2D eigenvalue weighted by Crippen LogP contribution is -2.45. The molecular formula is C16H24FN3O3. The lowest BCUT2D eigenvalue weighted by Gasteiger charge is -2.37. The molecule has 0 saturated carbocycles. The summed E-state index contributed by atoms with van der Waals surface area (Å²) in [6.07, 6.45) is 0.0865. The van der Waals surface area contributed by atoms with Crippen LogP contribution < -0.4 is 15.5 Å². The van der Waals surface area contributed by atoms with Crippen molar-refractivity contribution >= 4 is 17.4 Å². The molecule has 1 aliphatic heterocycles. The van der Waals surface area contributed by atoms with Crippen LogP contribution in [-0.4, -0.2) is 49.1 Å². The summed E-state index contributed by atoms with van der Waals surface area (Å²) in [5.41, 5.74) is 0.866. The molecule has 1 saturated heterocycles. The zero-order chi connectivity index (χ0) is 17.0. The number of hydrogen-bond acceptors (Lipinski definition) is 4. The number of aliphatic hydroxyl groups excluding tert-OH is 1. The van der Waals surface area contributed by atoms with Crippen LogP contribution in [-0.2, 0) is 4.74 Å². The Labute approximate surface area is 135 Å². The van der Waals surface area contributed by atoms with E-state index in [4.69, 9.17) is 9.84 Å². The van der Waals surface area contributed by atoms with Crippen molar-refractivity contribution in [2.75, 3.05) is 29.9 Å². The first kappa shape index (κ1) is 17.5. The molecule has 2 rings (SSSR count). The monoisotopic (exact) mass is 325 g/mol. The predicted molar refractivity (Wildman–Crippen MR) is 87.3 cm³/mol. The number of carbonyl (C=O) groups excluding carboxylic acids is 1. The molecule has 1 aromatic rings. The molecule has 3 unspecified atom stereocenters. The number of aliphatic hydroxyl groups is 1. The van der Waals surface area contributed by atoms with Gasteiger partial charge in [-0.2, -0.15) is 0 Å². The number of urea groups is 1. The van der Waals surface area contributed by atoms with Crippen LogP contribution in [0, 0.1) is 5.82 Å². The highest BCUT2D eigenvalue weighted by Gasteiger charge is 2.24. The van der Waals surface area contributed by atoms with Crippen LogP contribution in [0.4, 0.5) is 20.6 Å². The number of halogens is 1. The fraction of sp³-hybridized carbons (Fsp3) is 0.562. The molecule has 1 aliphatic rings. The van der Waals surface area contributed by atoms with Crippen LogP contribution in [0.15, 0.2) is 18.2 Å². The molecule has 128 valence electrons. The standard InChI is InChI=1S/C16H24FN3O3/c1-10(9-21)18-16(22)19-13-4-5-15(14(17)6-13)20-7-11(2)23-12(3)8-20/h4-6,10-12,21H,7-9H2,1-3H3,(H2,18,19,22). The van der Waals surface area contributed by atoms with Gasteiger partial charge in [0.15, 0.2) is 0 Å². The molecule has 3 atom stereocenters. The molecule has 1 heterocycles. The molecule has 7 heteroatoms. The van der Waals surface area contributed by atoms with Crippen molar-refractivity contribution in [3.8, 4) is 0 Å². The highest BCUT2D eigenvalue weighted by atomic mass is 19.1. The number of nitrogens with zero attached hydrogens (tertiary/aromatic N) is 1. The SMILES string of the molecule is CC(CO)NC(=O)Nc1ccc(N2CC(C)OC(C)C2)c(F)c1. The Morgan fingerprint density at radius 2 is 2.09 bits per heavy atom. The summed E-state index contributed by atoms with van der Waals surface area (Å²) in [5.74, 6) is -0.390. The van der Waals surface area contributed by atoms with Crippen molar-refractivity contribution in [3.63, 3.8) is 0 Å². The summed E-state index contributed by atoms with van der Waals surface area (Å²) in [7, 11) is 0. The first-order valence-electron chi connectivity index (χ1n) is 7.77. The second-order valence-corrected chi connectivity index (χ2v) is 6.01. The lowest BCUT2D eigenvalue weighted by molar-refractivity contribution is -0.00539. The summed E-state index contributed by atoms with van der Waals surface area (Å²) in [5, 5.41) is 14.0. The molecule has 2 amide bonds. The van der Waals surface area contributed by atoms with Gasteiger partial charge in [0.05, 0.1) is 30.5 Å². The van der Waals surface area contributed by atoms with E-state index in [-0.39, 0.29) is 30.7 Å². The number of morpholine rings is 1. The van der Waals surface area contributed by atoms with Gasteiger partial charge in [-0.3, -0.25) is 0 Å². The Kier molecular flexibility index (Phi) is 5.79. The second-order valence-electron chi connectivity index (χ2n) is 6.01. The first-order valence-corrected chi connectivity index (χ1v) is 7.77. The largest absolute Gasteiger partial charge is 0.394 e. The van der Waals surface area contributed by atoms with Gasteiger partial charge < -0.3 is 25.4 Å². The molecule has 1 aromatic carbocycles. The zero-order valence-electron chi connectivity index (χ0n) is 13.7. The topological polar surface area (TPSA) is 73.8 Å². The minimum atomic E-state index is -0.479. The number of nitrogens with one attached hydrogen (secondary N) is 2. The van der Waals surface area contributed by atoms with Crippen LogP contribution in [0.2, 0.25) is 0 Å². The summed E-state index contributed by atoms with van der Waals surface area (Å²) in [4.78, 5) is 13.6. The fourth-order valence-corrected chi connectivity index (χ4v) is 2.65. The van der Waals surface area contributed by atoms with E-state index in [0.717, 1.165) is 0 Å². The van der Waals surface area contributed by atoms with Crippen molar-refractivity contribution in [3.05, 3.63) is 24.0 Å². The van der Waals surface area contributed by atoms with E-state index < -0.39 is 6.03 Å². The number of rotatable bonds is 4. The lowest BCUT2D eigenvalue weighted by atomic mass is 10.2. The van der Waals surface area contributed by atoms with E-state index in [0.29, 0.717) is 24.5 Å². The summed E-state index contributed by atoms with van der Waals surface area (Å²) in [6, 6.07) is 3.77. The Balaban J connectivity index is 2.04. The molecular weight excluding hydrogens is 301 g/mol. The highest BCUT2D eigenvalue weighted by molar-refractivity contribution is 5.89. The molecule has 0 aromatic heterocycles. The van der Waals surface area contributed by atoms with Gasteiger partial charge in [0, 0.05) is 18.8 Å². The van der Waals surface area contributed by atoms with Crippen LogP contribution in [0.3, 0.4) is 0 Å². The zero-order valence-corrected chi connectivity index (χ0v) is 13.7. The number of amides is 2. The van der Waals surface area contributed by atoms with Gasteiger partial charge in [-0.25, -0.2) is 9.18 Å². The Morgan fingerprint density at radius 3 is 2.65 bits per heavy atom. The van der Waals surface area contributed by atoms with Crippen molar-refractivity contribution < 1.29 is 19.0 Å². The maximum absolute atomic E-state index is 14.4. The van der Waals surface area contributed by atoms with Crippen LogP contribution >= 0.6 is 0 Å². The molecule has 0 aliphatic carbocycles. The molecule has 6 nitrogen and oxygen atoms in total. The quantitative estimate of drug-likeness (QED) is 0.791. The third-order valence-electron chi connectivity index (χ3n) is 3.62. The van der Waals surface area contributed by atoms with Crippen LogP contribution in [0.1, 0.15) is 20.8 Å². The highest BCUT2D eigenvalue weighted by Crippen LogP contribution is 2.26. The molecule has 23 heavy (non-hydrogen) atoms. The first-order chi connectivity index (χ1) is 10.9. The Hall–Kier alpha value is -1.86. The predicted octanol–water partition coefficient (Wildman–Crippen LogP) is 1.94. The van der Waals surface area contributed by atoms with Gasteiger partial charge in [-0.15, -0.1) is 0 Å². The normalized spacial score (nSPS) is 22.6. The van der Waals surface area contributed by atoms with Crippen molar-refractivity contribution in [1.29, 1.82) is 0 Å². The number of anilines is 2. The Morgan fingerprint density at radius 1 is 1.43 bits per heavy atom. The minimum absolute atomic E-state index is 0.0432. The van der Waals surface area contributed by atoms with Gasteiger partial charge in [0.1, 0.15) is 5.82 Å². The molecule has 3 N–H and O–H groups in total. The summed E-state index contributed by atoms with van der Waals surface area (Å²) >= 11 is 0. The number of hydrogen-bond donors (Lipinski definition) is 3. The second kappa shape index (κ2) is 7.61. The maximum Gasteiger partial charge on any atom is 0.319 e. The molecule has 0 radical (unpaired) electrons. The minimum Gasteiger partial charge on any atom is -0.394 e. The van der Waals surface area contributed by atoms with E-state index in [1.807, 2.05) is 18.7 Å². The van der Waals surface area contributed by atoms with Gasteiger partial charge in [0.25, 0.3) is 0 Å². The summed E-state index contributed by atoms with van der Waals surface area (Å²) in [6.45, 7) is 6.69. The van der Waals surface area contributed by atoms with Gasteiger partial charge in [-0.05, 0) is 39.0 Å². The molecule has 0 spiro atoms. The average Bonchev–Trinajstić information content (AvgIpc) is 2.45. The third-order valence-corrected chi connectivity index (χ3v) is 3.62. The van der Waals surface area contributed by atoms with Crippen LogP contribution in [0.5, 0.6) is 0 Å². The van der Waals surface area contributed by atoms with Crippen molar-refractivity contribution in [2.24, 2.45) is 0 Å². The van der Waals surface area contributed by atoms with E-state index in [1.165, 1.54) is 6.07 Å². The Bertz CT molecular complexity index is 545. The third kappa shape index (κ3) is 4.80. The van der Waals surface area contributed by atoms with E-state index in [9.17, 15) is 9.18 Å². The van der Waals surface area contributed by atoms with E-state index in [2.05, 4.69) is 10.6 Å². The maximum atomic E-state index is 14.4. The van der Waals surface area contributed by atoms with Crippen LogP contribution in [0.25, 0.3) is 0 Å². The number of carbonyl (C=O) groups is 1. The van der Waals surface area contributed by atoms with Crippen molar-refractivity contribution in [2.45, 2.75) is 39.0 Å². The number of ether oxygens (including phenoxy) is 1.